The van der Waals surface area contributed by atoms with Crippen LogP contribution in [0.1, 0.15) is 17.8 Å². The fourth-order valence-corrected chi connectivity index (χ4v) is 1.77. The van der Waals surface area contributed by atoms with Gasteiger partial charge in [0, 0.05) is 38.0 Å². The monoisotopic (exact) mass is 301 g/mol. The maximum absolute atomic E-state index is 12.5. The number of carbonyl (C=O) groups is 1. The van der Waals surface area contributed by atoms with Crippen LogP contribution in [0.15, 0.2) is 18.3 Å². The Morgan fingerprint density at radius 2 is 2.10 bits per heavy atom. The van der Waals surface area contributed by atoms with Crippen LogP contribution in [0.4, 0.5) is 19.0 Å². The first kappa shape index (κ1) is 15.1. The van der Waals surface area contributed by atoms with E-state index in [1.54, 1.807) is 19.3 Å². The molecule has 2 rings (SSSR count). The van der Waals surface area contributed by atoms with Crippen molar-refractivity contribution in [3.8, 4) is 0 Å². The van der Waals surface area contributed by atoms with Crippen molar-refractivity contribution in [1.82, 2.24) is 19.6 Å². The lowest BCUT2D eigenvalue weighted by Crippen LogP contribution is -2.16. The standard InChI is InChI=1S/C12H14F3N5O/c1-8-7-9(12(13,14)15)17-20(8)6-4-11(21)16-10-3-5-19(2)18-10/h3,5,7H,4,6H2,1-2H3,(H,16,18,21). The molecule has 1 N–H and O–H groups in total. The number of aryl methyl sites for hydroxylation is 3. The molecule has 2 heterocycles. The molecule has 2 aromatic rings. The van der Waals surface area contributed by atoms with Gasteiger partial charge in [-0.25, -0.2) is 0 Å². The van der Waals surface area contributed by atoms with E-state index in [1.165, 1.54) is 16.3 Å². The second kappa shape index (κ2) is 5.58. The Bertz CT molecular complexity index is 644. The second-order valence-electron chi connectivity index (χ2n) is 4.56. The first-order valence-electron chi connectivity index (χ1n) is 6.17. The van der Waals surface area contributed by atoms with Gasteiger partial charge in [-0.1, -0.05) is 0 Å². The second-order valence-corrected chi connectivity index (χ2v) is 4.56. The van der Waals surface area contributed by atoms with E-state index in [-0.39, 0.29) is 18.9 Å². The van der Waals surface area contributed by atoms with Gasteiger partial charge in [-0.3, -0.25) is 14.2 Å². The molecule has 0 spiro atoms. The van der Waals surface area contributed by atoms with Crippen LogP contribution in [-0.4, -0.2) is 25.5 Å². The van der Waals surface area contributed by atoms with Crippen molar-refractivity contribution in [1.29, 1.82) is 0 Å². The molecule has 0 aliphatic heterocycles. The maximum atomic E-state index is 12.5. The minimum Gasteiger partial charge on any atom is -0.309 e. The Kier molecular flexibility index (Phi) is 4.01. The summed E-state index contributed by atoms with van der Waals surface area (Å²) in [4.78, 5) is 11.7. The van der Waals surface area contributed by atoms with Crippen molar-refractivity contribution in [3.63, 3.8) is 0 Å². The number of nitrogens with one attached hydrogen (secondary N) is 1. The molecule has 1 amide bonds. The average molecular weight is 301 g/mol. The van der Waals surface area contributed by atoms with Crippen LogP contribution < -0.4 is 5.32 Å². The van der Waals surface area contributed by atoms with E-state index in [0.29, 0.717) is 11.5 Å². The molecular formula is C12H14F3N5O. The van der Waals surface area contributed by atoms with Gasteiger partial charge in [0.05, 0.1) is 0 Å². The molecule has 21 heavy (non-hydrogen) atoms. The molecule has 0 radical (unpaired) electrons. The molecular weight excluding hydrogens is 287 g/mol. The Morgan fingerprint density at radius 1 is 1.38 bits per heavy atom. The smallest absolute Gasteiger partial charge is 0.309 e. The van der Waals surface area contributed by atoms with Crippen LogP contribution in [0.25, 0.3) is 0 Å². The highest BCUT2D eigenvalue weighted by atomic mass is 19.4. The zero-order valence-corrected chi connectivity index (χ0v) is 11.5. The summed E-state index contributed by atoms with van der Waals surface area (Å²) >= 11 is 0. The molecule has 0 aliphatic rings. The number of carbonyl (C=O) groups excluding carboxylic acids is 1. The third kappa shape index (κ3) is 3.83. The molecule has 0 atom stereocenters. The lowest BCUT2D eigenvalue weighted by molar-refractivity contribution is -0.141. The van der Waals surface area contributed by atoms with Gasteiger partial charge in [0.1, 0.15) is 0 Å². The average Bonchev–Trinajstić information content (AvgIpc) is 2.93. The van der Waals surface area contributed by atoms with Crippen molar-refractivity contribution in [2.45, 2.75) is 26.1 Å². The highest BCUT2D eigenvalue weighted by molar-refractivity contribution is 5.89. The SMILES string of the molecule is Cc1cc(C(F)(F)F)nn1CCC(=O)Nc1ccn(C)n1. The lowest BCUT2D eigenvalue weighted by atomic mass is 10.3. The van der Waals surface area contributed by atoms with E-state index in [2.05, 4.69) is 15.5 Å². The van der Waals surface area contributed by atoms with E-state index >= 15 is 0 Å². The number of hydrogen-bond acceptors (Lipinski definition) is 3. The van der Waals surface area contributed by atoms with Gasteiger partial charge < -0.3 is 5.32 Å². The summed E-state index contributed by atoms with van der Waals surface area (Å²) in [6, 6.07) is 2.58. The third-order valence-corrected chi connectivity index (χ3v) is 2.80. The summed E-state index contributed by atoms with van der Waals surface area (Å²) in [5.74, 6) is 0.0628. The number of rotatable bonds is 4. The van der Waals surface area contributed by atoms with E-state index in [1.807, 2.05) is 0 Å². The minimum absolute atomic E-state index is 0.0103. The summed E-state index contributed by atoms with van der Waals surface area (Å²) in [6.07, 6.45) is -2.80. The summed E-state index contributed by atoms with van der Waals surface area (Å²) in [5.41, 5.74) is -0.599. The van der Waals surface area contributed by atoms with Crippen LogP contribution in [-0.2, 0) is 24.6 Å². The minimum atomic E-state index is -4.48. The molecule has 0 aromatic carbocycles. The van der Waals surface area contributed by atoms with Crippen molar-refractivity contribution in [3.05, 3.63) is 29.7 Å². The molecule has 0 saturated heterocycles. The Hall–Kier alpha value is -2.32. The predicted octanol–water partition coefficient (Wildman–Crippen LogP) is 1.97. The van der Waals surface area contributed by atoms with Crippen LogP contribution in [0, 0.1) is 6.92 Å². The van der Waals surface area contributed by atoms with Gasteiger partial charge in [0.2, 0.25) is 5.91 Å². The number of halogens is 3. The van der Waals surface area contributed by atoms with Gasteiger partial charge in [-0.15, -0.1) is 0 Å². The lowest BCUT2D eigenvalue weighted by Gasteiger charge is -2.05. The Morgan fingerprint density at radius 3 is 2.62 bits per heavy atom. The Labute approximate surface area is 118 Å². The third-order valence-electron chi connectivity index (χ3n) is 2.80. The van der Waals surface area contributed by atoms with Gasteiger partial charge in [-0.05, 0) is 13.0 Å². The van der Waals surface area contributed by atoms with E-state index in [4.69, 9.17) is 0 Å². The van der Waals surface area contributed by atoms with Crippen LogP contribution in [0.5, 0.6) is 0 Å². The van der Waals surface area contributed by atoms with E-state index < -0.39 is 11.9 Å². The van der Waals surface area contributed by atoms with Crippen molar-refractivity contribution >= 4 is 11.7 Å². The number of nitrogens with zero attached hydrogens (tertiary/aromatic N) is 4. The molecule has 0 unspecified atom stereocenters. The number of amides is 1. The summed E-state index contributed by atoms with van der Waals surface area (Å²) in [5, 5.41) is 9.98. The number of aromatic nitrogens is 4. The predicted molar refractivity (Wildman–Crippen MR) is 68.4 cm³/mol. The van der Waals surface area contributed by atoms with Gasteiger partial charge in [0.15, 0.2) is 11.5 Å². The zero-order chi connectivity index (χ0) is 15.6. The van der Waals surface area contributed by atoms with Crippen molar-refractivity contribution in [2.75, 3.05) is 5.32 Å². The molecule has 0 bridgehead atoms. The largest absolute Gasteiger partial charge is 0.435 e. The zero-order valence-electron chi connectivity index (χ0n) is 11.5. The van der Waals surface area contributed by atoms with E-state index in [9.17, 15) is 18.0 Å². The maximum Gasteiger partial charge on any atom is 0.435 e. The number of alkyl halides is 3. The summed E-state index contributed by atoms with van der Waals surface area (Å²) < 4.78 is 40.2. The Balaban J connectivity index is 1.94. The first-order valence-corrected chi connectivity index (χ1v) is 6.17. The number of hydrogen-bond donors (Lipinski definition) is 1. The highest BCUT2D eigenvalue weighted by Gasteiger charge is 2.34. The fourth-order valence-electron chi connectivity index (χ4n) is 1.77. The van der Waals surface area contributed by atoms with Crippen LogP contribution in [0.2, 0.25) is 0 Å². The molecule has 0 aliphatic carbocycles. The fraction of sp³-hybridized carbons (Fsp3) is 0.417. The number of anilines is 1. The van der Waals surface area contributed by atoms with Crippen LogP contribution >= 0.6 is 0 Å². The quantitative estimate of drug-likeness (QED) is 0.939. The highest BCUT2D eigenvalue weighted by Crippen LogP contribution is 2.28. The van der Waals surface area contributed by atoms with Crippen LogP contribution in [0.3, 0.4) is 0 Å². The molecule has 0 saturated carbocycles. The van der Waals surface area contributed by atoms with Gasteiger partial charge in [-0.2, -0.15) is 23.4 Å². The molecule has 114 valence electrons. The topological polar surface area (TPSA) is 64.7 Å². The van der Waals surface area contributed by atoms with Gasteiger partial charge >= 0.3 is 6.18 Å². The van der Waals surface area contributed by atoms with Crippen molar-refractivity contribution < 1.29 is 18.0 Å². The van der Waals surface area contributed by atoms with Crippen molar-refractivity contribution in [2.24, 2.45) is 7.05 Å². The molecule has 9 heteroatoms. The van der Waals surface area contributed by atoms with E-state index in [0.717, 1.165) is 6.07 Å². The molecule has 2 aromatic heterocycles. The molecule has 0 fully saturated rings. The normalized spacial score (nSPS) is 11.7. The summed E-state index contributed by atoms with van der Waals surface area (Å²) in [7, 11) is 1.71. The first-order chi connectivity index (χ1) is 9.75. The van der Waals surface area contributed by atoms with Gasteiger partial charge in [0.25, 0.3) is 0 Å². The summed E-state index contributed by atoms with van der Waals surface area (Å²) in [6.45, 7) is 1.58. The molecule has 6 nitrogen and oxygen atoms in total.